The standard InChI is InChI=1S/C16H21F2NO2/c1-10-7-15(18)13(8-14(10)17)11(2)19(9-16(20)21)12-5-3-4-6-12/h7-8,11-12H,3-6,9H2,1-2H3,(H,20,21). The van der Waals surface area contributed by atoms with Gasteiger partial charge in [-0.15, -0.1) is 0 Å². The number of hydrogen-bond acceptors (Lipinski definition) is 2. The average molecular weight is 297 g/mol. The Labute approximate surface area is 123 Å². The van der Waals surface area contributed by atoms with Crippen LogP contribution in [0.1, 0.15) is 49.8 Å². The van der Waals surface area contributed by atoms with E-state index >= 15 is 0 Å². The fourth-order valence-electron chi connectivity index (χ4n) is 3.13. The Morgan fingerprint density at radius 3 is 2.52 bits per heavy atom. The Morgan fingerprint density at radius 1 is 1.33 bits per heavy atom. The number of carbonyl (C=O) groups is 1. The van der Waals surface area contributed by atoms with Crippen molar-refractivity contribution in [2.45, 2.75) is 51.6 Å². The molecule has 0 aliphatic heterocycles. The fraction of sp³-hybridized carbons (Fsp3) is 0.562. The zero-order chi connectivity index (χ0) is 15.6. The molecule has 116 valence electrons. The lowest BCUT2D eigenvalue weighted by Gasteiger charge is -2.33. The second kappa shape index (κ2) is 6.52. The van der Waals surface area contributed by atoms with Gasteiger partial charge in [-0.25, -0.2) is 8.78 Å². The maximum atomic E-state index is 14.1. The molecule has 1 saturated carbocycles. The van der Waals surface area contributed by atoms with Gasteiger partial charge in [0.1, 0.15) is 11.6 Å². The van der Waals surface area contributed by atoms with Gasteiger partial charge < -0.3 is 5.11 Å². The normalized spacial score (nSPS) is 17.4. The van der Waals surface area contributed by atoms with Gasteiger partial charge in [0, 0.05) is 17.6 Å². The van der Waals surface area contributed by atoms with Crippen molar-refractivity contribution in [3.05, 3.63) is 34.9 Å². The van der Waals surface area contributed by atoms with Crippen LogP contribution in [-0.4, -0.2) is 28.6 Å². The van der Waals surface area contributed by atoms with Crippen molar-refractivity contribution in [2.75, 3.05) is 6.54 Å². The summed E-state index contributed by atoms with van der Waals surface area (Å²) in [4.78, 5) is 12.9. The molecule has 1 aromatic rings. The largest absolute Gasteiger partial charge is 0.480 e. The Morgan fingerprint density at radius 2 is 1.95 bits per heavy atom. The predicted octanol–water partition coefficient (Wildman–Crippen LogP) is 3.66. The third-order valence-electron chi connectivity index (χ3n) is 4.34. The molecule has 2 rings (SSSR count). The average Bonchev–Trinajstić information content (AvgIpc) is 2.93. The van der Waals surface area contributed by atoms with E-state index in [0.717, 1.165) is 25.7 Å². The van der Waals surface area contributed by atoms with Crippen molar-refractivity contribution in [3.8, 4) is 0 Å². The summed E-state index contributed by atoms with van der Waals surface area (Å²) in [6, 6.07) is 2.03. The second-order valence-corrected chi connectivity index (χ2v) is 5.80. The highest BCUT2D eigenvalue weighted by Crippen LogP contribution is 2.32. The predicted molar refractivity (Wildman–Crippen MR) is 76.1 cm³/mol. The van der Waals surface area contributed by atoms with E-state index in [9.17, 15) is 13.6 Å². The molecule has 1 aliphatic rings. The summed E-state index contributed by atoms with van der Waals surface area (Å²) in [5, 5.41) is 9.10. The van der Waals surface area contributed by atoms with Crippen LogP contribution in [0.15, 0.2) is 12.1 Å². The molecule has 0 spiro atoms. The van der Waals surface area contributed by atoms with Gasteiger partial charge in [0.2, 0.25) is 0 Å². The van der Waals surface area contributed by atoms with Gasteiger partial charge in [-0.05, 0) is 44.4 Å². The zero-order valence-electron chi connectivity index (χ0n) is 12.4. The van der Waals surface area contributed by atoms with Crippen LogP contribution in [-0.2, 0) is 4.79 Å². The highest BCUT2D eigenvalue weighted by Gasteiger charge is 2.30. The van der Waals surface area contributed by atoms with Crippen LogP contribution in [0.5, 0.6) is 0 Å². The fourth-order valence-corrected chi connectivity index (χ4v) is 3.13. The number of aliphatic carboxylic acids is 1. The topological polar surface area (TPSA) is 40.5 Å². The van der Waals surface area contributed by atoms with Crippen LogP contribution >= 0.6 is 0 Å². The maximum absolute atomic E-state index is 14.1. The molecular formula is C16H21F2NO2. The van der Waals surface area contributed by atoms with Crippen LogP contribution in [0.25, 0.3) is 0 Å². The first kappa shape index (κ1) is 15.9. The van der Waals surface area contributed by atoms with Gasteiger partial charge in [-0.3, -0.25) is 9.69 Å². The number of rotatable bonds is 5. The molecule has 5 heteroatoms. The molecule has 1 aromatic carbocycles. The van der Waals surface area contributed by atoms with Crippen molar-refractivity contribution in [2.24, 2.45) is 0 Å². The highest BCUT2D eigenvalue weighted by atomic mass is 19.1. The second-order valence-electron chi connectivity index (χ2n) is 5.80. The van der Waals surface area contributed by atoms with Crippen LogP contribution in [0.3, 0.4) is 0 Å². The summed E-state index contributed by atoms with van der Waals surface area (Å²) in [6.45, 7) is 3.11. The maximum Gasteiger partial charge on any atom is 0.317 e. The summed E-state index contributed by atoms with van der Waals surface area (Å²) < 4.78 is 27.8. The molecule has 1 aliphatic carbocycles. The van der Waals surface area contributed by atoms with Gasteiger partial charge in [-0.2, -0.15) is 0 Å². The molecule has 0 radical (unpaired) electrons. The van der Waals surface area contributed by atoms with Crippen molar-refractivity contribution >= 4 is 5.97 Å². The number of carboxylic acids is 1. The first-order valence-electron chi connectivity index (χ1n) is 7.33. The lowest BCUT2D eigenvalue weighted by atomic mass is 10.0. The number of carboxylic acid groups (broad SMARTS) is 1. The van der Waals surface area contributed by atoms with Crippen LogP contribution < -0.4 is 0 Å². The molecule has 1 unspecified atom stereocenters. The molecule has 1 atom stereocenters. The molecule has 0 saturated heterocycles. The van der Waals surface area contributed by atoms with Gasteiger partial charge in [0.15, 0.2) is 0 Å². The van der Waals surface area contributed by atoms with E-state index in [2.05, 4.69) is 0 Å². The molecule has 0 bridgehead atoms. The van der Waals surface area contributed by atoms with E-state index in [1.807, 2.05) is 0 Å². The highest BCUT2D eigenvalue weighted by molar-refractivity contribution is 5.69. The number of benzene rings is 1. The summed E-state index contributed by atoms with van der Waals surface area (Å²) >= 11 is 0. The number of halogens is 2. The molecule has 0 heterocycles. The van der Waals surface area contributed by atoms with Crippen LogP contribution in [0, 0.1) is 18.6 Å². The summed E-state index contributed by atoms with van der Waals surface area (Å²) in [5.74, 6) is -1.88. The molecule has 0 aromatic heterocycles. The van der Waals surface area contributed by atoms with E-state index in [0.29, 0.717) is 0 Å². The third kappa shape index (κ3) is 3.59. The minimum atomic E-state index is -0.943. The Hall–Kier alpha value is -1.49. The van der Waals surface area contributed by atoms with Gasteiger partial charge >= 0.3 is 5.97 Å². The van der Waals surface area contributed by atoms with Gasteiger partial charge in [0.25, 0.3) is 0 Å². The van der Waals surface area contributed by atoms with Crippen LogP contribution in [0.2, 0.25) is 0 Å². The number of nitrogens with zero attached hydrogens (tertiary/aromatic N) is 1. The van der Waals surface area contributed by atoms with E-state index < -0.39 is 23.6 Å². The summed E-state index contributed by atoms with van der Waals surface area (Å²) in [6.07, 6.45) is 3.93. The van der Waals surface area contributed by atoms with Gasteiger partial charge in [-0.1, -0.05) is 12.8 Å². The molecule has 1 N–H and O–H groups in total. The third-order valence-corrected chi connectivity index (χ3v) is 4.34. The Balaban J connectivity index is 2.30. The van der Waals surface area contributed by atoms with Crippen molar-refractivity contribution in [1.29, 1.82) is 0 Å². The number of aryl methyl sites for hydroxylation is 1. The molecule has 21 heavy (non-hydrogen) atoms. The molecule has 3 nitrogen and oxygen atoms in total. The minimum Gasteiger partial charge on any atom is -0.480 e. The summed E-state index contributed by atoms with van der Waals surface area (Å²) in [5.41, 5.74) is 0.486. The SMILES string of the molecule is Cc1cc(F)c(C(C)N(CC(=O)O)C2CCCC2)cc1F. The lowest BCUT2D eigenvalue weighted by Crippen LogP contribution is -2.39. The summed E-state index contributed by atoms with van der Waals surface area (Å²) in [7, 11) is 0. The van der Waals surface area contributed by atoms with E-state index in [4.69, 9.17) is 5.11 Å². The number of hydrogen-bond donors (Lipinski definition) is 1. The molecular weight excluding hydrogens is 276 g/mol. The smallest absolute Gasteiger partial charge is 0.317 e. The zero-order valence-corrected chi connectivity index (χ0v) is 12.4. The van der Waals surface area contributed by atoms with E-state index in [1.54, 1.807) is 11.8 Å². The molecule has 0 amide bonds. The van der Waals surface area contributed by atoms with E-state index in [1.165, 1.54) is 19.1 Å². The minimum absolute atomic E-state index is 0.125. The quantitative estimate of drug-likeness (QED) is 0.901. The van der Waals surface area contributed by atoms with E-state index in [-0.39, 0.29) is 23.7 Å². The monoisotopic (exact) mass is 297 g/mol. The first-order valence-corrected chi connectivity index (χ1v) is 7.33. The molecule has 1 fully saturated rings. The van der Waals surface area contributed by atoms with Gasteiger partial charge in [0.05, 0.1) is 6.54 Å². The Bertz CT molecular complexity index is 527. The van der Waals surface area contributed by atoms with Crippen molar-refractivity contribution in [3.63, 3.8) is 0 Å². The van der Waals surface area contributed by atoms with Crippen LogP contribution in [0.4, 0.5) is 8.78 Å². The Kier molecular flexibility index (Phi) is 4.93. The lowest BCUT2D eigenvalue weighted by molar-refractivity contribution is -0.139. The van der Waals surface area contributed by atoms with Crippen molar-refractivity contribution in [1.82, 2.24) is 4.90 Å². The first-order chi connectivity index (χ1) is 9.90. The van der Waals surface area contributed by atoms with Crippen molar-refractivity contribution < 1.29 is 18.7 Å².